The van der Waals surface area contributed by atoms with Crippen LogP contribution in [0.2, 0.25) is 0 Å². The quantitative estimate of drug-likeness (QED) is 0.684. The molecule has 12 heavy (non-hydrogen) atoms. The molecule has 0 fully saturated rings. The Morgan fingerprint density at radius 1 is 1.25 bits per heavy atom. The van der Waals surface area contributed by atoms with E-state index >= 15 is 0 Å². The molecule has 0 amide bonds. The normalized spacial score (nSPS) is 11.6. The molecule has 1 aromatic heterocycles. The molecule has 1 rings (SSSR count). The largest absolute Gasteiger partial charge is 0.325 e. The zero-order valence-electron chi connectivity index (χ0n) is 5.53. The Bertz CT molecular complexity index is 389. The molecular weight excluding hydrogens is 360 g/mol. The Balaban J connectivity index is 3.39. The van der Waals surface area contributed by atoms with Gasteiger partial charge in [0.25, 0.3) is 5.56 Å². The van der Waals surface area contributed by atoms with Gasteiger partial charge in [-0.2, -0.15) is 0 Å². The molecule has 0 saturated heterocycles. The van der Waals surface area contributed by atoms with Crippen LogP contribution < -0.4 is 11.2 Å². The SMILES string of the molecule is O=c1[nH]cc(C(Br)(Br)Br)c(=O)[nH]1. The highest BCUT2D eigenvalue weighted by atomic mass is 80.0. The second-order valence-electron chi connectivity index (χ2n) is 1.98. The van der Waals surface area contributed by atoms with Gasteiger partial charge in [-0.15, -0.1) is 0 Å². The van der Waals surface area contributed by atoms with E-state index in [4.69, 9.17) is 0 Å². The van der Waals surface area contributed by atoms with E-state index in [1.807, 2.05) is 0 Å². The summed E-state index contributed by atoms with van der Waals surface area (Å²) in [6.07, 6.45) is 1.32. The number of alkyl halides is 3. The number of H-pyrrole nitrogens is 2. The molecule has 0 saturated carbocycles. The van der Waals surface area contributed by atoms with Gasteiger partial charge in [0.15, 0.2) is 2.14 Å². The zero-order chi connectivity index (χ0) is 9.35. The van der Waals surface area contributed by atoms with Crippen LogP contribution in [0.15, 0.2) is 15.8 Å². The van der Waals surface area contributed by atoms with Crippen LogP contribution in [0.25, 0.3) is 0 Å². The Hall–Kier alpha value is 0.120. The van der Waals surface area contributed by atoms with Crippen LogP contribution in [0.3, 0.4) is 0 Å². The van der Waals surface area contributed by atoms with Gasteiger partial charge in [-0.1, -0.05) is 47.8 Å². The van der Waals surface area contributed by atoms with Crippen LogP contribution in [0, 0.1) is 0 Å². The van der Waals surface area contributed by atoms with Crippen LogP contribution >= 0.6 is 47.8 Å². The van der Waals surface area contributed by atoms with E-state index in [9.17, 15) is 9.59 Å². The lowest BCUT2D eigenvalue weighted by atomic mass is 10.4. The molecule has 66 valence electrons. The van der Waals surface area contributed by atoms with Crippen molar-refractivity contribution < 1.29 is 0 Å². The summed E-state index contributed by atoms with van der Waals surface area (Å²) in [6.45, 7) is 0. The summed E-state index contributed by atoms with van der Waals surface area (Å²) in [6, 6.07) is 0. The van der Waals surface area contributed by atoms with Crippen LogP contribution in [0.1, 0.15) is 5.56 Å². The van der Waals surface area contributed by atoms with E-state index in [0.717, 1.165) is 0 Å². The molecule has 2 N–H and O–H groups in total. The molecule has 4 nitrogen and oxygen atoms in total. The van der Waals surface area contributed by atoms with Crippen molar-refractivity contribution in [1.29, 1.82) is 0 Å². The second kappa shape index (κ2) is 3.47. The molecule has 7 heteroatoms. The summed E-state index contributed by atoms with van der Waals surface area (Å²) in [7, 11) is 0. The first-order valence-electron chi connectivity index (χ1n) is 2.80. The van der Waals surface area contributed by atoms with E-state index in [2.05, 4.69) is 57.8 Å². The summed E-state index contributed by atoms with van der Waals surface area (Å²) in [5.74, 6) is 0. The van der Waals surface area contributed by atoms with Crippen LogP contribution in [-0.2, 0) is 2.14 Å². The van der Waals surface area contributed by atoms with Gasteiger partial charge in [0, 0.05) is 6.20 Å². The van der Waals surface area contributed by atoms with E-state index in [1.54, 1.807) is 0 Å². The van der Waals surface area contributed by atoms with Crippen molar-refractivity contribution >= 4 is 47.8 Å². The standard InChI is InChI=1S/C5H3Br3N2O2/c6-5(7,8)2-1-9-4(12)10-3(2)11/h1H,(H2,9,10,11,12). The average Bonchev–Trinajstić information content (AvgIpc) is 1.83. The molecular formula is C5H3Br3N2O2. The second-order valence-corrected chi connectivity index (χ2v) is 8.74. The first-order valence-corrected chi connectivity index (χ1v) is 5.18. The lowest BCUT2D eigenvalue weighted by Gasteiger charge is -2.09. The monoisotopic (exact) mass is 360 g/mol. The molecule has 0 radical (unpaired) electrons. The number of rotatable bonds is 0. The summed E-state index contributed by atoms with van der Waals surface area (Å²) >= 11 is 9.46. The topological polar surface area (TPSA) is 65.7 Å². The van der Waals surface area contributed by atoms with Gasteiger partial charge in [0.1, 0.15) is 0 Å². The van der Waals surface area contributed by atoms with E-state index in [1.165, 1.54) is 6.20 Å². The van der Waals surface area contributed by atoms with Crippen molar-refractivity contribution in [2.75, 3.05) is 0 Å². The van der Waals surface area contributed by atoms with E-state index in [-0.39, 0.29) is 0 Å². The number of halogens is 3. The van der Waals surface area contributed by atoms with E-state index < -0.39 is 13.4 Å². The minimum absolute atomic E-state index is 0.335. The average molecular weight is 363 g/mol. The van der Waals surface area contributed by atoms with Gasteiger partial charge in [0.05, 0.1) is 5.56 Å². The van der Waals surface area contributed by atoms with Crippen molar-refractivity contribution in [3.8, 4) is 0 Å². The summed E-state index contributed by atoms with van der Waals surface area (Å²) in [5.41, 5.74) is -0.646. The fraction of sp³-hybridized carbons (Fsp3) is 0.200. The summed E-state index contributed by atoms with van der Waals surface area (Å²) in [4.78, 5) is 26.2. The molecule has 0 aliphatic rings. The predicted molar refractivity (Wildman–Crippen MR) is 56.1 cm³/mol. The highest BCUT2D eigenvalue weighted by molar-refractivity contribution is 9.38. The maximum Gasteiger partial charge on any atom is 0.325 e. The minimum atomic E-state index is -0.801. The first-order chi connectivity index (χ1) is 5.41. The van der Waals surface area contributed by atoms with Crippen molar-refractivity contribution in [1.82, 2.24) is 9.97 Å². The number of hydrogen-bond acceptors (Lipinski definition) is 2. The van der Waals surface area contributed by atoms with Crippen LogP contribution in [-0.4, -0.2) is 9.97 Å². The third-order valence-electron chi connectivity index (χ3n) is 1.12. The lowest BCUT2D eigenvalue weighted by molar-refractivity contribution is 0.995. The third-order valence-corrected chi connectivity index (χ3v) is 2.41. The van der Waals surface area contributed by atoms with Crippen molar-refractivity contribution in [3.63, 3.8) is 0 Å². The molecule has 1 heterocycles. The molecule has 0 bridgehead atoms. The highest BCUT2D eigenvalue weighted by Crippen LogP contribution is 2.41. The van der Waals surface area contributed by atoms with E-state index in [0.29, 0.717) is 5.56 Å². The smallest absolute Gasteiger partial charge is 0.314 e. The Morgan fingerprint density at radius 2 is 1.83 bits per heavy atom. The van der Waals surface area contributed by atoms with Crippen LogP contribution in [0.5, 0.6) is 0 Å². The highest BCUT2D eigenvalue weighted by Gasteiger charge is 2.24. The van der Waals surface area contributed by atoms with Crippen molar-refractivity contribution in [2.24, 2.45) is 0 Å². The first kappa shape index (κ1) is 10.2. The molecule has 0 spiro atoms. The molecule has 0 unspecified atom stereocenters. The Labute approximate surface area is 92.2 Å². The summed E-state index contributed by atoms with van der Waals surface area (Å²) in [5, 5.41) is 0. The summed E-state index contributed by atoms with van der Waals surface area (Å²) < 4.78 is -0.801. The lowest BCUT2D eigenvalue weighted by Crippen LogP contribution is -2.27. The number of nitrogens with one attached hydrogen (secondary N) is 2. The minimum Gasteiger partial charge on any atom is -0.314 e. The van der Waals surface area contributed by atoms with Gasteiger partial charge < -0.3 is 4.98 Å². The molecule has 0 aliphatic carbocycles. The maximum absolute atomic E-state index is 11.1. The van der Waals surface area contributed by atoms with Gasteiger partial charge in [-0.05, 0) is 0 Å². The van der Waals surface area contributed by atoms with Crippen molar-refractivity contribution in [3.05, 3.63) is 32.6 Å². The Morgan fingerprint density at radius 3 is 2.25 bits per heavy atom. The van der Waals surface area contributed by atoms with Gasteiger partial charge in [0.2, 0.25) is 0 Å². The predicted octanol–water partition coefficient (Wildman–Crippen LogP) is 1.36. The number of aromatic nitrogens is 2. The number of aromatic amines is 2. The van der Waals surface area contributed by atoms with Gasteiger partial charge in [-0.3, -0.25) is 9.78 Å². The molecule has 1 aromatic rings. The van der Waals surface area contributed by atoms with Gasteiger partial charge in [-0.25, -0.2) is 4.79 Å². The Kier molecular flexibility index (Phi) is 2.95. The molecule has 0 aromatic carbocycles. The molecule has 0 aliphatic heterocycles. The van der Waals surface area contributed by atoms with Crippen molar-refractivity contribution in [2.45, 2.75) is 2.14 Å². The van der Waals surface area contributed by atoms with Crippen LogP contribution in [0.4, 0.5) is 0 Å². The molecule has 0 atom stereocenters. The fourth-order valence-electron chi connectivity index (χ4n) is 0.620. The zero-order valence-corrected chi connectivity index (χ0v) is 10.3. The number of hydrogen-bond donors (Lipinski definition) is 2. The third kappa shape index (κ3) is 2.30. The maximum atomic E-state index is 11.1. The van der Waals surface area contributed by atoms with Gasteiger partial charge >= 0.3 is 5.69 Å². The fourth-order valence-corrected chi connectivity index (χ4v) is 1.50.